The first-order valence-electron chi connectivity index (χ1n) is 4.60. The number of nitrogens with zero attached hydrogens (tertiary/aromatic N) is 3. The summed E-state index contributed by atoms with van der Waals surface area (Å²) in [5, 5.41) is 3.38. The van der Waals surface area contributed by atoms with Crippen LogP contribution in [0.25, 0.3) is 5.82 Å². The zero-order chi connectivity index (χ0) is 9.54. The van der Waals surface area contributed by atoms with E-state index < -0.39 is 0 Å². The van der Waals surface area contributed by atoms with Crippen molar-refractivity contribution in [2.45, 2.75) is 13.0 Å². The van der Waals surface area contributed by atoms with Gasteiger partial charge in [-0.2, -0.15) is 0 Å². The molecular formula is C10H10N4. The van der Waals surface area contributed by atoms with Gasteiger partial charge in [0.25, 0.3) is 0 Å². The van der Waals surface area contributed by atoms with E-state index in [4.69, 9.17) is 0 Å². The van der Waals surface area contributed by atoms with Gasteiger partial charge in [0.15, 0.2) is 5.82 Å². The second-order valence-electron chi connectivity index (χ2n) is 3.43. The van der Waals surface area contributed by atoms with Crippen LogP contribution in [-0.4, -0.2) is 14.5 Å². The van der Waals surface area contributed by atoms with Crippen molar-refractivity contribution >= 4 is 5.69 Å². The fourth-order valence-corrected chi connectivity index (χ4v) is 1.81. The average Bonchev–Trinajstić information content (AvgIpc) is 2.67. The predicted molar refractivity (Wildman–Crippen MR) is 53.4 cm³/mol. The van der Waals surface area contributed by atoms with Gasteiger partial charge < -0.3 is 5.32 Å². The second kappa shape index (κ2) is 2.57. The largest absolute Gasteiger partial charge is 0.374 e. The molecule has 0 aromatic carbocycles. The molecule has 3 rings (SSSR count). The summed E-state index contributed by atoms with van der Waals surface area (Å²) in [6.45, 7) is 2.11. The molecule has 70 valence electrons. The minimum absolute atomic E-state index is 0.286. The molecule has 0 saturated heterocycles. The van der Waals surface area contributed by atoms with Crippen LogP contribution >= 0.6 is 0 Å². The number of rotatable bonds is 0. The van der Waals surface area contributed by atoms with Crippen molar-refractivity contribution in [3.8, 4) is 5.82 Å². The molecule has 0 saturated carbocycles. The zero-order valence-corrected chi connectivity index (χ0v) is 7.81. The monoisotopic (exact) mass is 186 g/mol. The summed E-state index contributed by atoms with van der Waals surface area (Å²) >= 11 is 0. The maximum Gasteiger partial charge on any atom is 0.161 e. The highest BCUT2D eigenvalue weighted by molar-refractivity contribution is 5.60. The van der Waals surface area contributed by atoms with Gasteiger partial charge in [-0.25, -0.2) is 9.97 Å². The van der Waals surface area contributed by atoms with Crippen LogP contribution in [0.15, 0.2) is 30.9 Å². The van der Waals surface area contributed by atoms with E-state index in [1.54, 1.807) is 12.5 Å². The number of aromatic nitrogens is 3. The van der Waals surface area contributed by atoms with Gasteiger partial charge in [0, 0.05) is 6.20 Å². The van der Waals surface area contributed by atoms with E-state index >= 15 is 0 Å². The summed E-state index contributed by atoms with van der Waals surface area (Å²) in [6.07, 6.45) is 5.47. The first kappa shape index (κ1) is 7.55. The Hall–Kier alpha value is -1.84. The van der Waals surface area contributed by atoms with Crippen LogP contribution in [-0.2, 0) is 0 Å². The van der Waals surface area contributed by atoms with E-state index in [1.807, 2.05) is 22.9 Å². The first-order chi connectivity index (χ1) is 6.86. The summed E-state index contributed by atoms with van der Waals surface area (Å²) in [5.74, 6) is 0.929. The fraction of sp³-hybridized carbons (Fsp3) is 0.200. The molecule has 2 aromatic heterocycles. The summed E-state index contributed by atoms with van der Waals surface area (Å²) in [6, 6.07) is 4.25. The molecule has 0 spiro atoms. The maximum absolute atomic E-state index is 4.33. The summed E-state index contributed by atoms with van der Waals surface area (Å²) in [5.41, 5.74) is 2.21. The van der Waals surface area contributed by atoms with Crippen LogP contribution in [0.2, 0.25) is 0 Å². The SMILES string of the molecule is C[C@@H]1Nc2cccnc2-n2cncc21. The Labute approximate surface area is 81.6 Å². The molecule has 1 aliphatic rings. The van der Waals surface area contributed by atoms with Gasteiger partial charge in [-0.1, -0.05) is 0 Å². The summed E-state index contributed by atoms with van der Waals surface area (Å²) < 4.78 is 2.02. The zero-order valence-electron chi connectivity index (χ0n) is 7.81. The molecule has 2 aromatic rings. The van der Waals surface area contributed by atoms with Crippen LogP contribution in [0, 0.1) is 0 Å². The molecule has 0 bridgehead atoms. The third-order valence-corrected chi connectivity index (χ3v) is 2.50. The van der Waals surface area contributed by atoms with Crippen LogP contribution < -0.4 is 5.32 Å². The van der Waals surface area contributed by atoms with Crippen LogP contribution in [0.5, 0.6) is 0 Å². The summed E-state index contributed by atoms with van der Waals surface area (Å²) in [7, 11) is 0. The lowest BCUT2D eigenvalue weighted by Crippen LogP contribution is -2.19. The molecule has 1 aliphatic heterocycles. The fourth-order valence-electron chi connectivity index (χ4n) is 1.81. The molecule has 14 heavy (non-hydrogen) atoms. The Bertz CT molecular complexity index is 474. The van der Waals surface area contributed by atoms with Crippen molar-refractivity contribution in [3.63, 3.8) is 0 Å². The minimum Gasteiger partial charge on any atom is -0.374 e. The third-order valence-electron chi connectivity index (χ3n) is 2.50. The lowest BCUT2D eigenvalue weighted by atomic mass is 10.2. The van der Waals surface area contributed by atoms with E-state index in [-0.39, 0.29) is 6.04 Å². The Kier molecular flexibility index (Phi) is 1.39. The molecule has 4 heteroatoms. The topological polar surface area (TPSA) is 42.7 Å². The predicted octanol–water partition coefficient (Wildman–Crippen LogP) is 1.75. The van der Waals surface area contributed by atoms with Crippen LogP contribution in [0.1, 0.15) is 18.7 Å². The van der Waals surface area contributed by atoms with Crippen molar-refractivity contribution < 1.29 is 0 Å². The van der Waals surface area contributed by atoms with E-state index in [0.717, 1.165) is 17.2 Å². The van der Waals surface area contributed by atoms with Gasteiger partial charge in [0.05, 0.1) is 23.6 Å². The van der Waals surface area contributed by atoms with E-state index in [1.165, 1.54) is 0 Å². The van der Waals surface area contributed by atoms with Gasteiger partial charge >= 0.3 is 0 Å². The molecule has 1 N–H and O–H groups in total. The highest BCUT2D eigenvalue weighted by Crippen LogP contribution is 2.30. The highest BCUT2D eigenvalue weighted by atomic mass is 15.2. The average molecular weight is 186 g/mol. The van der Waals surface area contributed by atoms with Gasteiger partial charge in [0.2, 0.25) is 0 Å². The van der Waals surface area contributed by atoms with Crippen molar-refractivity contribution in [1.29, 1.82) is 0 Å². The van der Waals surface area contributed by atoms with Gasteiger partial charge in [-0.3, -0.25) is 4.57 Å². The molecule has 3 heterocycles. The van der Waals surface area contributed by atoms with Crippen LogP contribution in [0.4, 0.5) is 5.69 Å². The highest BCUT2D eigenvalue weighted by Gasteiger charge is 2.20. The summed E-state index contributed by atoms with van der Waals surface area (Å²) in [4.78, 5) is 8.46. The lowest BCUT2D eigenvalue weighted by Gasteiger charge is -2.24. The number of pyridine rings is 1. The van der Waals surface area contributed by atoms with E-state index in [2.05, 4.69) is 22.2 Å². The number of hydrogen-bond donors (Lipinski definition) is 1. The lowest BCUT2D eigenvalue weighted by molar-refractivity contribution is 0.759. The first-order valence-corrected chi connectivity index (χ1v) is 4.60. The molecule has 4 nitrogen and oxygen atoms in total. The van der Waals surface area contributed by atoms with Crippen molar-refractivity contribution in [2.75, 3.05) is 5.32 Å². The Morgan fingerprint density at radius 2 is 2.43 bits per heavy atom. The van der Waals surface area contributed by atoms with Crippen molar-refractivity contribution in [1.82, 2.24) is 14.5 Å². The molecule has 0 aliphatic carbocycles. The van der Waals surface area contributed by atoms with Crippen molar-refractivity contribution in [2.24, 2.45) is 0 Å². The third kappa shape index (κ3) is 0.878. The van der Waals surface area contributed by atoms with Gasteiger partial charge in [0.1, 0.15) is 6.33 Å². The molecule has 0 unspecified atom stereocenters. The maximum atomic E-state index is 4.33. The standard InChI is InChI=1S/C10H10N4/c1-7-9-5-11-6-14(9)10-8(13-7)3-2-4-12-10/h2-7,13H,1H3/t7-/m0/s1. The number of anilines is 1. The number of hydrogen-bond acceptors (Lipinski definition) is 3. The Morgan fingerprint density at radius 3 is 3.36 bits per heavy atom. The molecule has 1 atom stereocenters. The number of imidazole rings is 1. The number of fused-ring (bicyclic) bond motifs is 3. The van der Waals surface area contributed by atoms with Gasteiger partial charge in [-0.15, -0.1) is 0 Å². The minimum atomic E-state index is 0.286. The normalized spacial score (nSPS) is 18.2. The smallest absolute Gasteiger partial charge is 0.161 e. The second-order valence-corrected chi connectivity index (χ2v) is 3.43. The number of nitrogens with one attached hydrogen (secondary N) is 1. The van der Waals surface area contributed by atoms with Crippen LogP contribution in [0.3, 0.4) is 0 Å². The van der Waals surface area contributed by atoms with Crippen molar-refractivity contribution in [3.05, 3.63) is 36.5 Å². The quantitative estimate of drug-likeness (QED) is 0.681. The van der Waals surface area contributed by atoms with E-state index in [0.29, 0.717) is 0 Å². The molecule has 0 fully saturated rings. The molecule has 0 radical (unpaired) electrons. The Balaban J connectivity index is 2.29. The van der Waals surface area contributed by atoms with Gasteiger partial charge in [-0.05, 0) is 19.1 Å². The van der Waals surface area contributed by atoms with E-state index in [9.17, 15) is 0 Å². The molecule has 0 amide bonds. The Morgan fingerprint density at radius 1 is 1.50 bits per heavy atom. The molecular weight excluding hydrogens is 176 g/mol.